The van der Waals surface area contributed by atoms with Crippen molar-refractivity contribution in [3.8, 4) is 0 Å². The van der Waals surface area contributed by atoms with E-state index in [9.17, 15) is 9.59 Å². The van der Waals surface area contributed by atoms with Gasteiger partial charge in [0, 0.05) is 5.56 Å². The number of halogens is 1. The van der Waals surface area contributed by atoms with Crippen LogP contribution in [0, 0.1) is 6.92 Å². The molecule has 0 fully saturated rings. The van der Waals surface area contributed by atoms with Gasteiger partial charge in [0.2, 0.25) is 0 Å². The number of carbonyl (C=O) groups is 2. The van der Waals surface area contributed by atoms with E-state index in [1.54, 1.807) is 70.2 Å². The van der Waals surface area contributed by atoms with Crippen LogP contribution in [0.1, 0.15) is 48.2 Å². The second kappa shape index (κ2) is 7.18. The number of carbonyl (C=O) groups excluding carboxylic acids is 2. The molecule has 3 nitrogen and oxygen atoms in total. The van der Waals surface area contributed by atoms with Crippen LogP contribution in [0.4, 0.5) is 0 Å². The van der Waals surface area contributed by atoms with Gasteiger partial charge in [-0.3, -0.25) is 9.59 Å². The van der Waals surface area contributed by atoms with Crippen LogP contribution in [0.5, 0.6) is 0 Å². The third kappa shape index (κ3) is 4.24. The van der Waals surface area contributed by atoms with Gasteiger partial charge in [-0.25, -0.2) is 0 Å². The van der Waals surface area contributed by atoms with Crippen LogP contribution in [0.25, 0.3) is 0 Å². The molecule has 0 aliphatic rings. The molecular formula is C20H21ClO3. The molecule has 0 aromatic heterocycles. The average molecular weight is 345 g/mol. The zero-order valence-electron chi connectivity index (χ0n) is 14.3. The SMILES string of the molecule is Cc1cccc(Cl)c1C(=O)C(C(=O)OC(C)(C)C)c1ccccc1. The molecule has 0 bridgehead atoms. The molecular weight excluding hydrogens is 324 g/mol. The lowest BCUT2D eigenvalue weighted by molar-refractivity contribution is -0.155. The molecule has 2 aromatic carbocycles. The Morgan fingerprint density at radius 1 is 1.00 bits per heavy atom. The van der Waals surface area contributed by atoms with Crippen LogP contribution in [0.15, 0.2) is 48.5 Å². The Kier molecular flexibility index (Phi) is 5.45. The van der Waals surface area contributed by atoms with Gasteiger partial charge in [-0.1, -0.05) is 54.1 Å². The molecule has 0 aliphatic heterocycles. The third-order valence-electron chi connectivity index (χ3n) is 3.51. The molecule has 0 heterocycles. The van der Waals surface area contributed by atoms with Gasteiger partial charge in [-0.15, -0.1) is 0 Å². The maximum atomic E-state index is 13.1. The predicted molar refractivity (Wildman–Crippen MR) is 95.5 cm³/mol. The van der Waals surface area contributed by atoms with E-state index in [0.29, 0.717) is 16.1 Å². The Morgan fingerprint density at radius 2 is 1.62 bits per heavy atom. The van der Waals surface area contributed by atoms with Crippen molar-refractivity contribution in [3.05, 3.63) is 70.2 Å². The van der Waals surface area contributed by atoms with Gasteiger partial charge in [0.15, 0.2) is 5.78 Å². The highest BCUT2D eigenvalue weighted by molar-refractivity contribution is 6.35. The summed E-state index contributed by atoms with van der Waals surface area (Å²) < 4.78 is 5.47. The lowest BCUT2D eigenvalue weighted by Crippen LogP contribution is -2.32. The minimum atomic E-state index is -1.04. The number of esters is 1. The van der Waals surface area contributed by atoms with Crippen molar-refractivity contribution < 1.29 is 14.3 Å². The van der Waals surface area contributed by atoms with E-state index in [1.807, 2.05) is 6.07 Å². The topological polar surface area (TPSA) is 43.4 Å². The Morgan fingerprint density at radius 3 is 2.17 bits per heavy atom. The maximum Gasteiger partial charge on any atom is 0.321 e. The first-order valence-corrected chi connectivity index (χ1v) is 8.15. The molecule has 0 radical (unpaired) electrons. The van der Waals surface area contributed by atoms with Crippen molar-refractivity contribution in [3.63, 3.8) is 0 Å². The molecule has 24 heavy (non-hydrogen) atoms. The smallest absolute Gasteiger partial charge is 0.321 e. The van der Waals surface area contributed by atoms with Gasteiger partial charge in [-0.2, -0.15) is 0 Å². The normalized spacial score (nSPS) is 12.5. The first-order valence-electron chi connectivity index (χ1n) is 7.78. The average Bonchev–Trinajstić information content (AvgIpc) is 2.46. The van der Waals surface area contributed by atoms with Crippen LogP contribution in [0.2, 0.25) is 5.02 Å². The molecule has 126 valence electrons. The van der Waals surface area contributed by atoms with Crippen LogP contribution < -0.4 is 0 Å². The van der Waals surface area contributed by atoms with E-state index < -0.39 is 17.5 Å². The van der Waals surface area contributed by atoms with Crippen molar-refractivity contribution in [1.82, 2.24) is 0 Å². The molecule has 0 N–H and O–H groups in total. The van der Waals surface area contributed by atoms with E-state index in [2.05, 4.69) is 0 Å². The maximum absolute atomic E-state index is 13.1. The number of hydrogen-bond acceptors (Lipinski definition) is 3. The van der Waals surface area contributed by atoms with Gasteiger partial charge in [0.05, 0.1) is 5.02 Å². The Hall–Kier alpha value is -2.13. The monoisotopic (exact) mass is 344 g/mol. The molecule has 2 aromatic rings. The third-order valence-corrected chi connectivity index (χ3v) is 3.82. The molecule has 1 atom stereocenters. The number of ketones is 1. The van der Waals surface area contributed by atoms with Crippen molar-refractivity contribution in [1.29, 1.82) is 0 Å². The van der Waals surface area contributed by atoms with Crippen molar-refractivity contribution in [2.45, 2.75) is 39.2 Å². The fraction of sp³-hybridized carbons (Fsp3) is 0.300. The van der Waals surface area contributed by atoms with Crippen LogP contribution in [-0.2, 0) is 9.53 Å². The molecule has 0 spiro atoms. The Labute approximate surface area is 147 Å². The minimum Gasteiger partial charge on any atom is -0.459 e. The van der Waals surface area contributed by atoms with Crippen LogP contribution in [-0.4, -0.2) is 17.4 Å². The van der Waals surface area contributed by atoms with E-state index in [0.717, 1.165) is 5.56 Å². The number of ether oxygens (including phenoxy) is 1. The molecule has 0 amide bonds. The number of rotatable bonds is 4. The van der Waals surface area contributed by atoms with E-state index >= 15 is 0 Å². The van der Waals surface area contributed by atoms with Crippen molar-refractivity contribution in [2.75, 3.05) is 0 Å². The highest BCUT2D eigenvalue weighted by Gasteiger charge is 2.34. The number of Topliss-reactive ketones (excluding diaryl/α,β-unsaturated/α-hetero) is 1. The van der Waals surface area contributed by atoms with Gasteiger partial charge in [-0.05, 0) is 44.9 Å². The minimum absolute atomic E-state index is 0.337. The zero-order chi connectivity index (χ0) is 17.9. The Balaban J connectivity index is 2.50. The molecule has 1 unspecified atom stereocenters. The first kappa shape index (κ1) is 18.2. The van der Waals surface area contributed by atoms with Crippen LogP contribution >= 0.6 is 11.6 Å². The molecule has 0 saturated carbocycles. The van der Waals surface area contributed by atoms with Crippen molar-refractivity contribution >= 4 is 23.4 Å². The number of benzene rings is 2. The standard InChI is InChI=1S/C20H21ClO3/c1-13-9-8-12-15(21)16(13)18(22)17(14-10-6-5-7-11-14)19(23)24-20(2,3)4/h5-12,17H,1-4H3. The highest BCUT2D eigenvalue weighted by atomic mass is 35.5. The molecule has 2 rings (SSSR count). The summed E-state index contributed by atoms with van der Waals surface area (Å²) in [4.78, 5) is 25.8. The summed E-state index contributed by atoms with van der Waals surface area (Å²) >= 11 is 6.22. The summed E-state index contributed by atoms with van der Waals surface area (Å²) in [5.74, 6) is -1.96. The van der Waals surface area contributed by atoms with Gasteiger partial charge >= 0.3 is 5.97 Å². The number of aryl methyl sites for hydroxylation is 1. The summed E-state index contributed by atoms with van der Waals surface area (Å²) in [5.41, 5.74) is 1.01. The van der Waals surface area contributed by atoms with Gasteiger partial charge < -0.3 is 4.74 Å². The van der Waals surface area contributed by atoms with E-state index in [4.69, 9.17) is 16.3 Å². The van der Waals surface area contributed by atoms with E-state index in [1.165, 1.54) is 0 Å². The quantitative estimate of drug-likeness (QED) is 0.447. The number of hydrogen-bond donors (Lipinski definition) is 0. The summed E-state index contributed by atoms with van der Waals surface area (Å²) in [6.07, 6.45) is 0. The fourth-order valence-corrected chi connectivity index (χ4v) is 2.80. The second-order valence-corrected chi connectivity index (χ2v) is 7.08. The van der Waals surface area contributed by atoms with Gasteiger partial charge in [0.1, 0.15) is 11.5 Å². The zero-order valence-corrected chi connectivity index (χ0v) is 15.1. The summed E-state index contributed by atoms with van der Waals surface area (Å²) in [7, 11) is 0. The fourth-order valence-electron chi connectivity index (χ4n) is 2.49. The van der Waals surface area contributed by atoms with Crippen molar-refractivity contribution in [2.24, 2.45) is 0 Å². The lowest BCUT2D eigenvalue weighted by Gasteiger charge is -2.24. The molecule has 0 saturated heterocycles. The predicted octanol–water partition coefficient (Wildman–Crippen LogP) is 4.96. The van der Waals surface area contributed by atoms with Gasteiger partial charge in [0.25, 0.3) is 0 Å². The van der Waals surface area contributed by atoms with Crippen LogP contribution in [0.3, 0.4) is 0 Å². The highest BCUT2D eigenvalue weighted by Crippen LogP contribution is 2.29. The molecule has 0 aliphatic carbocycles. The lowest BCUT2D eigenvalue weighted by atomic mass is 9.88. The Bertz CT molecular complexity index is 725. The second-order valence-electron chi connectivity index (χ2n) is 6.67. The summed E-state index contributed by atoms with van der Waals surface area (Å²) in [6, 6.07) is 14.1. The molecule has 4 heteroatoms. The first-order chi connectivity index (χ1) is 11.2. The largest absolute Gasteiger partial charge is 0.459 e. The van der Waals surface area contributed by atoms with E-state index in [-0.39, 0.29) is 5.78 Å². The summed E-state index contributed by atoms with van der Waals surface area (Å²) in [6.45, 7) is 7.13. The summed E-state index contributed by atoms with van der Waals surface area (Å²) in [5, 5.41) is 0.337.